The van der Waals surface area contributed by atoms with E-state index in [1.165, 1.54) is 30.5 Å². The number of hydrogen-bond donors (Lipinski definition) is 2. The summed E-state index contributed by atoms with van der Waals surface area (Å²) < 4.78 is 14.5. The predicted octanol–water partition coefficient (Wildman–Crippen LogP) is 3.28. The number of hydrogen-bond acceptors (Lipinski definition) is 5. The van der Waals surface area contributed by atoms with E-state index in [0.717, 1.165) is 22.6 Å². The van der Waals surface area contributed by atoms with Crippen LogP contribution in [0, 0.1) is 5.82 Å². The molecule has 29 heavy (non-hydrogen) atoms. The smallest absolute Gasteiger partial charge is 0.335 e. The standard InChI is InChI=1S/C20H10ClFN2O5/c21-14-5-10(17(26)13-7-11(22)2-4-16(13)25)8-24-18(14)23-15-6-9(20(28)29)1-3-12(15)19(24)27/h1-8,25H,(H,28,29). The Morgan fingerprint density at radius 2 is 1.83 bits per heavy atom. The maximum atomic E-state index is 13.5. The summed E-state index contributed by atoms with van der Waals surface area (Å²) in [6.45, 7) is 0. The van der Waals surface area contributed by atoms with E-state index in [-0.39, 0.29) is 38.3 Å². The number of ketones is 1. The zero-order chi connectivity index (χ0) is 20.9. The first-order valence-corrected chi connectivity index (χ1v) is 8.56. The number of pyridine rings is 1. The van der Waals surface area contributed by atoms with E-state index < -0.39 is 28.9 Å². The fraction of sp³-hybridized carbons (Fsp3) is 0. The third-order valence-corrected chi connectivity index (χ3v) is 4.66. The maximum absolute atomic E-state index is 13.5. The lowest BCUT2D eigenvalue weighted by Gasteiger charge is -2.09. The van der Waals surface area contributed by atoms with Gasteiger partial charge in [0.05, 0.1) is 27.1 Å². The van der Waals surface area contributed by atoms with Crippen LogP contribution < -0.4 is 5.56 Å². The lowest BCUT2D eigenvalue weighted by Crippen LogP contribution is -2.17. The number of carbonyl (C=O) groups is 2. The van der Waals surface area contributed by atoms with Gasteiger partial charge in [-0.05, 0) is 42.5 Å². The highest BCUT2D eigenvalue weighted by Crippen LogP contribution is 2.25. The van der Waals surface area contributed by atoms with Crippen LogP contribution in [0.5, 0.6) is 5.75 Å². The quantitative estimate of drug-likeness (QED) is 0.395. The summed E-state index contributed by atoms with van der Waals surface area (Å²) in [6.07, 6.45) is 1.19. The number of nitrogens with zero attached hydrogens (tertiary/aromatic N) is 2. The summed E-state index contributed by atoms with van der Waals surface area (Å²) in [5, 5.41) is 19.1. The Hall–Kier alpha value is -3.78. The lowest BCUT2D eigenvalue weighted by atomic mass is 10.0. The number of fused-ring (bicyclic) bond motifs is 2. The van der Waals surface area contributed by atoms with Crippen LogP contribution >= 0.6 is 11.6 Å². The highest BCUT2D eigenvalue weighted by atomic mass is 35.5. The molecule has 0 saturated heterocycles. The van der Waals surface area contributed by atoms with E-state index in [9.17, 15) is 23.9 Å². The average molecular weight is 413 g/mol. The number of carboxylic acids is 1. The summed E-state index contributed by atoms with van der Waals surface area (Å²) >= 11 is 6.21. The van der Waals surface area contributed by atoms with Crippen molar-refractivity contribution < 1.29 is 24.2 Å². The topological polar surface area (TPSA) is 109 Å². The normalized spacial score (nSPS) is 11.1. The van der Waals surface area contributed by atoms with Crippen molar-refractivity contribution in [1.29, 1.82) is 0 Å². The molecule has 4 rings (SSSR count). The number of rotatable bonds is 3. The van der Waals surface area contributed by atoms with E-state index in [1.54, 1.807) is 0 Å². The molecule has 0 atom stereocenters. The highest BCUT2D eigenvalue weighted by Gasteiger charge is 2.18. The Bertz CT molecular complexity index is 1410. The van der Waals surface area contributed by atoms with Gasteiger partial charge in [-0.25, -0.2) is 14.2 Å². The van der Waals surface area contributed by atoms with Crippen LogP contribution in [0.15, 0.2) is 53.5 Å². The number of phenols is 1. The summed E-state index contributed by atoms with van der Waals surface area (Å²) in [5.74, 6) is -3.04. The number of aromatic carboxylic acids is 1. The SMILES string of the molecule is O=C(O)c1ccc2c(=O)n3cc(C(=O)c4cc(F)ccc4O)cc(Cl)c3nc2c1. The Morgan fingerprint density at radius 3 is 2.55 bits per heavy atom. The van der Waals surface area contributed by atoms with E-state index in [2.05, 4.69) is 4.98 Å². The van der Waals surface area contributed by atoms with Crippen molar-refractivity contribution in [3.8, 4) is 5.75 Å². The van der Waals surface area contributed by atoms with Gasteiger partial charge in [-0.15, -0.1) is 0 Å². The summed E-state index contributed by atoms with van der Waals surface area (Å²) in [6, 6.07) is 8.01. The number of phenolic OH excluding ortho intramolecular Hbond substituents is 1. The van der Waals surface area contributed by atoms with Crippen molar-refractivity contribution in [3.63, 3.8) is 0 Å². The van der Waals surface area contributed by atoms with Gasteiger partial charge in [0.15, 0.2) is 11.4 Å². The summed E-state index contributed by atoms with van der Waals surface area (Å²) in [4.78, 5) is 41.0. The maximum Gasteiger partial charge on any atom is 0.335 e. The summed E-state index contributed by atoms with van der Waals surface area (Å²) in [7, 11) is 0. The van der Waals surface area contributed by atoms with Crippen LogP contribution in [0.2, 0.25) is 5.02 Å². The van der Waals surface area contributed by atoms with Crippen molar-refractivity contribution in [1.82, 2.24) is 9.38 Å². The molecule has 9 heteroatoms. The first kappa shape index (κ1) is 18.6. The van der Waals surface area contributed by atoms with Gasteiger partial charge < -0.3 is 10.2 Å². The van der Waals surface area contributed by atoms with Crippen molar-refractivity contribution >= 4 is 39.9 Å². The Labute approximate surface area is 166 Å². The van der Waals surface area contributed by atoms with E-state index in [1.807, 2.05) is 0 Å². The number of benzene rings is 2. The number of aromatic hydroxyl groups is 1. The molecule has 0 spiro atoms. The Kier molecular flexibility index (Phi) is 4.28. The number of halogens is 2. The third-order valence-electron chi connectivity index (χ3n) is 4.38. The molecule has 144 valence electrons. The average Bonchev–Trinajstić information content (AvgIpc) is 2.69. The van der Waals surface area contributed by atoms with Crippen molar-refractivity contribution in [2.45, 2.75) is 0 Å². The highest BCUT2D eigenvalue weighted by molar-refractivity contribution is 6.34. The molecule has 0 radical (unpaired) electrons. The fourth-order valence-corrected chi connectivity index (χ4v) is 3.22. The van der Waals surface area contributed by atoms with Crippen LogP contribution in [0.4, 0.5) is 4.39 Å². The Morgan fingerprint density at radius 1 is 1.07 bits per heavy atom. The monoisotopic (exact) mass is 412 g/mol. The molecule has 0 aliphatic carbocycles. The van der Waals surface area contributed by atoms with E-state index >= 15 is 0 Å². The molecule has 4 aromatic rings. The van der Waals surface area contributed by atoms with E-state index in [0.29, 0.717) is 0 Å². The van der Waals surface area contributed by atoms with Crippen LogP contribution in [-0.2, 0) is 0 Å². The second-order valence-electron chi connectivity index (χ2n) is 6.21. The fourth-order valence-electron chi connectivity index (χ4n) is 2.97. The molecule has 7 nitrogen and oxygen atoms in total. The van der Waals surface area contributed by atoms with Gasteiger partial charge in [0.25, 0.3) is 5.56 Å². The largest absolute Gasteiger partial charge is 0.507 e. The van der Waals surface area contributed by atoms with Crippen LogP contribution in [0.25, 0.3) is 16.6 Å². The molecule has 2 aromatic heterocycles. The van der Waals surface area contributed by atoms with Gasteiger partial charge in [-0.2, -0.15) is 0 Å². The molecule has 2 heterocycles. The van der Waals surface area contributed by atoms with Crippen molar-refractivity contribution in [3.05, 3.63) is 86.5 Å². The van der Waals surface area contributed by atoms with Gasteiger partial charge in [0, 0.05) is 11.8 Å². The Balaban J connectivity index is 1.96. The molecule has 2 N–H and O–H groups in total. The van der Waals surface area contributed by atoms with Gasteiger partial charge in [0.1, 0.15) is 11.6 Å². The third kappa shape index (κ3) is 3.09. The first-order chi connectivity index (χ1) is 13.8. The van der Waals surface area contributed by atoms with Crippen LogP contribution in [-0.4, -0.2) is 31.4 Å². The second-order valence-corrected chi connectivity index (χ2v) is 6.62. The van der Waals surface area contributed by atoms with Crippen LogP contribution in [0.3, 0.4) is 0 Å². The van der Waals surface area contributed by atoms with E-state index in [4.69, 9.17) is 16.7 Å². The molecule has 2 aromatic carbocycles. The molecule has 0 aliphatic heterocycles. The first-order valence-electron chi connectivity index (χ1n) is 8.18. The molecular formula is C20H10ClFN2O5. The minimum Gasteiger partial charge on any atom is -0.507 e. The molecule has 0 amide bonds. The minimum absolute atomic E-state index is 0.0201. The van der Waals surface area contributed by atoms with Crippen molar-refractivity contribution in [2.24, 2.45) is 0 Å². The van der Waals surface area contributed by atoms with Crippen LogP contribution in [0.1, 0.15) is 26.3 Å². The lowest BCUT2D eigenvalue weighted by molar-refractivity contribution is 0.0696. The number of aromatic nitrogens is 2. The molecule has 0 bridgehead atoms. The molecule has 0 fully saturated rings. The zero-order valence-corrected chi connectivity index (χ0v) is 15.1. The molecule has 0 aliphatic rings. The number of carboxylic acid groups (broad SMARTS) is 1. The number of carbonyl (C=O) groups excluding carboxylic acids is 1. The van der Waals surface area contributed by atoms with Gasteiger partial charge in [0.2, 0.25) is 0 Å². The second kappa shape index (κ2) is 6.68. The minimum atomic E-state index is -1.17. The van der Waals surface area contributed by atoms with Gasteiger partial charge in [-0.3, -0.25) is 14.0 Å². The molecule has 0 saturated carbocycles. The van der Waals surface area contributed by atoms with Gasteiger partial charge in [-0.1, -0.05) is 11.6 Å². The zero-order valence-electron chi connectivity index (χ0n) is 14.4. The molecule has 0 unspecified atom stereocenters. The summed E-state index contributed by atoms with van der Waals surface area (Å²) in [5.41, 5.74) is -0.798. The van der Waals surface area contributed by atoms with Crippen molar-refractivity contribution in [2.75, 3.05) is 0 Å². The molecular weight excluding hydrogens is 403 g/mol. The van der Waals surface area contributed by atoms with Gasteiger partial charge >= 0.3 is 5.97 Å². The predicted molar refractivity (Wildman–Crippen MR) is 102 cm³/mol.